The van der Waals surface area contributed by atoms with Crippen LogP contribution in [0.4, 0.5) is 0 Å². The van der Waals surface area contributed by atoms with Gasteiger partial charge in [0.2, 0.25) is 5.82 Å². The van der Waals surface area contributed by atoms with Gasteiger partial charge in [0.25, 0.3) is 0 Å². The molecule has 2 heterocycles. The van der Waals surface area contributed by atoms with Crippen LogP contribution in [0.2, 0.25) is 0 Å². The first-order chi connectivity index (χ1) is 24.4. The summed E-state index contributed by atoms with van der Waals surface area (Å²) in [7, 11) is 3.44. The first kappa shape index (κ1) is 32.6. The van der Waals surface area contributed by atoms with Crippen molar-refractivity contribution < 1.29 is 14.1 Å². The van der Waals surface area contributed by atoms with Crippen LogP contribution in [0.3, 0.4) is 0 Å². The van der Waals surface area contributed by atoms with Crippen molar-refractivity contribution in [1.82, 2.24) is 20.2 Å². The molecule has 0 N–H and O–H groups in total. The molecule has 0 bridgehead atoms. The van der Waals surface area contributed by atoms with E-state index < -0.39 is 5.54 Å². The third-order valence-corrected chi connectivity index (χ3v) is 9.62. The highest BCUT2D eigenvalue weighted by atomic mass is 16.5. The third-order valence-electron chi connectivity index (χ3n) is 9.62. The fourth-order valence-electron chi connectivity index (χ4n) is 7.05. The number of aromatic nitrogens is 4. The second kappa shape index (κ2) is 13.5. The highest BCUT2D eigenvalue weighted by Crippen LogP contribution is 2.40. The van der Waals surface area contributed by atoms with Crippen LogP contribution >= 0.6 is 0 Å². The molecule has 1 atom stereocenters. The summed E-state index contributed by atoms with van der Waals surface area (Å²) in [4.78, 5) is 14.7. The quantitative estimate of drug-likeness (QED) is 0.0850. The molecule has 50 heavy (non-hydrogen) atoms. The molecule has 0 fully saturated rings. The molecule has 248 valence electrons. The number of hydrogen-bond donors (Lipinski definition) is 0. The van der Waals surface area contributed by atoms with E-state index in [0.717, 1.165) is 57.6 Å². The molecule has 0 saturated heterocycles. The smallest absolute Gasteiger partial charge is 0.346 e. The summed E-state index contributed by atoms with van der Waals surface area (Å²) in [6.45, 7) is 4.87. The summed E-state index contributed by atoms with van der Waals surface area (Å²) in [5, 5.41) is 19.6. The van der Waals surface area contributed by atoms with E-state index in [0.29, 0.717) is 21.7 Å². The van der Waals surface area contributed by atoms with Crippen molar-refractivity contribution in [1.29, 1.82) is 0 Å². The van der Waals surface area contributed by atoms with Gasteiger partial charge in [-0.25, -0.2) is 4.79 Å². The maximum atomic E-state index is 12.9. The molecule has 6 aromatic rings. The Labute approximate surface area is 292 Å². The maximum Gasteiger partial charge on any atom is 0.346 e. The van der Waals surface area contributed by atoms with Gasteiger partial charge in [-0.15, -0.1) is 15.0 Å². The Kier molecular flexibility index (Phi) is 8.78. The maximum absolute atomic E-state index is 12.9. The van der Waals surface area contributed by atoms with Crippen molar-refractivity contribution in [2.75, 3.05) is 20.7 Å². The number of nitrogens with zero attached hydrogens (tertiary/aromatic N) is 6. The minimum atomic E-state index is -0.874. The van der Waals surface area contributed by atoms with Crippen molar-refractivity contribution in [2.24, 2.45) is 5.10 Å². The number of quaternary nitrogens is 1. The molecule has 8 heteroatoms. The van der Waals surface area contributed by atoms with E-state index in [9.17, 15) is 4.79 Å². The molecule has 0 aliphatic carbocycles. The van der Waals surface area contributed by atoms with Gasteiger partial charge in [-0.1, -0.05) is 152 Å². The monoisotopic (exact) mass is 659 g/mol. The van der Waals surface area contributed by atoms with Crippen molar-refractivity contribution in [3.63, 3.8) is 0 Å². The lowest BCUT2D eigenvalue weighted by Crippen LogP contribution is -2.39. The first-order valence-electron chi connectivity index (χ1n) is 16.8. The predicted octanol–water partition coefficient (Wildman–Crippen LogP) is 7.87. The topological polar surface area (TPSA) is 82.3 Å². The Morgan fingerprint density at radius 3 is 1.74 bits per heavy atom. The number of esters is 1. The number of hydrogen-bond acceptors (Lipinski definition) is 6. The van der Waals surface area contributed by atoms with Crippen molar-refractivity contribution >= 4 is 11.7 Å². The van der Waals surface area contributed by atoms with Gasteiger partial charge in [-0.2, -0.15) is 4.59 Å². The summed E-state index contributed by atoms with van der Waals surface area (Å²) in [6, 6.07) is 47.2. The fourth-order valence-corrected chi connectivity index (χ4v) is 7.05. The summed E-state index contributed by atoms with van der Waals surface area (Å²) in [6.07, 6.45) is 0.927. The Bertz CT molecular complexity index is 2100. The van der Waals surface area contributed by atoms with E-state index in [-0.39, 0.29) is 5.97 Å². The minimum absolute atomic E-state index is 0.332. The van der Waals surface area contributed by atoms with Crippen molar-refractivity contribution in [3.8, 4) is 22.5 Å². The summed E-state index contributed by atoms with van der Waals surface area (Å²) in [5.74, 6) is 0.136. The average molecular weight is 660 g/mol. The standard InChI is InChI=1S/C42H39N6O2/c1-5-29-48(3)30(2)38(41(49)50-4)39(45-48)32-27-25-31(26-28-32)36-23-15-16-24-37(36)40-43-46-47(44-40)42(33-17-9-6-10-18-33,34-19-11-7-12-20-34)35-21-13-8-14-22-35/h6-28H,5,29H2,1-4H3/q+1. The van der Waals surface area contributed by atoms with Gasteiger partial charge in [-0.05, 0) is 39.5 Å². The van der Waals surface area contributed by atoms with E-state index in [2.05, 4.69) is 61.5 Å². The van der Waals surface area contributed by atoms with Gasteiger partial charge in [0, 0.05) is 18.1 Å². The molecule has 1 aliphatic heterocycles. The number of tetrazole rings is 1. The van der Waals surface area contributed by atoms with E-state index in [1.807, 2.05) is 98.9 Å². The molecule has 0 saturated carbocycles. The van der Waals surface area contributed by atoms with Gasteiger partial charge in [0.05, 0.1) is 14.2 Å². The Hall–Kier alpha value is -5.99. The normalized spacial score (nSPS) is 16.0. The summed E-state index contributed by atoms with van der Waals surface area (Å²) >= 11 is 0. The van der Waals surface area contributed by atoms with Gasteiger partial charge in [0.15, 0.2) is 5.54 Å². The molecular weight excluding hydrogens is 621 g/mol. The number of carbonyl (C=O) groups is 1. The Morgan fingerprint density at radius 1 is 0.720 bits per heavy atom. The fraction of sp³-hybridized carbons (Fsp3) is 0.167. The van der Waals surface area contributed by atoms with Gasteiger partial charge >= 0.3 is 5.97 Å². The van der Waals surface area contributed by atoms with Gasteiger partial charge in [0.1, 0.15) is 23.5 Å². The molecule has 0 radical (unpaired) electrons. The van der Waals surface area contributed by atoms with Gasteiger partial charge in [-0.3, -0.25) is 0 Å². The number of methoxy groups -OCH3 is 1. The largest absolute Gasteiger partial charge is 0.465 e. The van der Waals surface area contributed by atoms with Crippen LogP contribution < -0.4 is 0 Å². The zero-order chi connectivity index (χ0) is 34.7. The molecule has 0 spiro atoms. The zero-order valence-corrected chi connectivity index (χ0v) is 28.7. The Balaban J connectivity index is 1.32. The SMILES string of the molecule is CCC[N+]1(C)N=C(c2ccc(-c3ccccc3-c3nnn(C(c4ccccc4)(c4ccccc4)c4ccccc4)n3)cc2)C(C(=O)OC)=C1C. The molecule has 5 aromatic carbocycles. The molecule has 0 amide bonds. The minimum Gasteiger partial charge on any atom is -0.465 e. The van der Waals surface area contributed by atoms with E-state index in [1.54, 1.807) is 4.80 Å². The zero-order valence-electron chi connectivity index (χ0n) is 28.7. The van der Waals surface area contributed by atoms with Crippen LogP contribution in [0.15, 0.2) is 156 Å². The van der Waals surface area contributed by atoms with Crippen LogP contribution in [-0.4, -0.2) is 57.2 Å². The lowest BCUT2D eigenvalue weighted by molar-refractivity contribution is -0.876. The summed E-state index contributed by atoms with van der Waals surface area (Å²) in [5.41, 5.74) is 7.88. The van der Waals surface area contributed by atoms with Crippen LogP contribution in [0.5, 0.6) is 0 Å². The number of carbonyl (C=O) groups excluding carboxylic acids is 1. The van der Waals surface area contributed by atoms with Crippen molar-refractivity contribution in [2.45, 2.75) is 25.8 Å². The average Bonchev–Trinajstić information content (AvgIpc) is 3.76. The van der Waals surface area contributed by atoms with Crippen LogP contribution in [-0.2, 0) is 15.1 Å². The lowest BCUT2D eigenvalue weighted by Gasteiger charge is -2.34. The molecular formula is C42H39N6O2+. The molecule has 1 aromatic heterocycles. The number of allylic oxidation sites excluding steroid dienone is 1. The van der Waals surface area contributed by atoms with Crippen molar-refractivity contribution in [3.05, 3.63) is 173 Å². The molecule has 1 aliphatic rings. The molecule has 8 nitrogen and oxygen atoms in total. The van der Waals surface area contributed by atoms with Crippen LogP contribution in [0, 0.1) is 0 Å². The highest BCUT2D eigenvalue weighted by molar-refractivity contribution is 6.27. The highest BCUT2D eigenvalue weighted by Gasteiger charge is 2.42. The number of rotatable bonds is 10. The van der Waals surface area contributed by atoms with Crippen LogP contribution in [0.1, 0.15) is 42.5 Å². The second-order valence-electron chi connectivity index (χ2n) is 12.6. The first-order valence-corrected chi connectivity index (χ1v) is 16.8. The van der Waals surface area contributed by atoms with E-state index >= 15 is 0 Å². The van der Waals surface area contributed by atoms with Crippen LogP contribution in [0.25, 0.3) is 22.5 Å². The van der Waals surface area contributed by atoms with E-state index in [4.69, 9.17) is 25.2 Å². The molecule has 7 rings (SSSR count). The predicted molar refractivity (Wildman–Crippen MR) is 196 cm³/mol. The third kappa shape index (κ3) is 5.53. The lowest BCUT2D eigenvalue weighted by atomic mass is 9.77. The second-order valence-corrected chi connectivity index (χ2v) is 12.6. The number of benzene rings is 5. The summed E-state index contributed by atoms with van der Waals surface area (Å²) < 4.78 is 5.52. The number of ether oxygens (including phenoxy) is 1. The Morgan fingerprint density at radius 2 is 1.22 bits per heavy atom. The van der Waals surface area contributed by atoms with E-state index in [1.165, 1.54) is 7.11 Å². The van der Waals surface area contributed by atoms with Gasteiger partial charge < -0.3 is 4.74 Å². The molecule has 1 unspecified atom stereocenters.